The van der Waals surface area contributed by atoms with Crippen molar-refractivity contribution in [2.24, 2.45) is 0 Å². The molecule has 0 atom stereocenters. The zero-order valence-electron chi connectivity index (χ0n) is 12.4. The van der Waals surface area contributed by atoms with Crippen molar-refractivity contribution in [2.75, 3.05) is 12.1 Å². The zero-order chi connectivity index (χ0) is 15.0. The Morgan fingerprint density at radius 2 is 1.76 bits per heavy atom. The number of aryl methyl sites for hydroxylation is 3. The van der Waals surface area contributed by atoms with E-state index in [1.807, 2.05) is 6.07 Å². The van der Waals surface area contributed by atoms with Crippen LogP contribution < -0.4 is 14.8 Å². The molecule has 1 heterocycles. The maximum Gasteiger partial charge on any atom is 0.231 e. The van der Waals surface area contributed by atoms with E-state index in [0.29, 0.717) is 6.79 Å². The number of hydrogen-bond acceptors (Lipinski definition) is 3. The largest absolute Gasteiger partial charge is 0.454 e. The summed E-state index contributed by atoms with van der Waals surface area (Å²) in [5, 5.41) is 3.53. The first-order valence-electron chi connectivity index (χ1n) is 6.94. The van der Waals surface area contributed by atoms with Gasteiger partial charge in [0.25, 0.3) is 0 Å². The van der Waals surface area contributed by atoms with Crippen molar-refractivity contribution in [3.05, 3.63) is 51.0 Å². The van der Waals surface area contributed by atoms with Crippen LogP contribution in [-0.2, 0) is 6.54 Å². The second kappa shape index (κ2) is 5.60. The molecule has 0 bridgehead atoms. The standard InChI is InChI=1S/C17H18BrNO2/c1-10-4-11(2)16(12(3)5-10)19-8-13-6-14(18)17-15(7-13)20-9-21-17/h4-7,19H,8-9H2,1-3H3. The van der Waals surface area contributed by atoms with Crippen LogP contribution in [0.25, 0.3) is 0 Å². The van der Waals surface area contributed by atoms with E-state index in [1.165, 1.54) is 22.4 Å². The highest BCUT2D eigenvalue weighted by Crippen LogP contribution is 2.40. The van der Waals surface area contributed by atoms with Gasteiger partial charge in [-0.05, 0) is 65.5 Å². The maximum absolute atomic E-state index is 5.46. The fourth-order valence-corrected chi connectivity index (χ4v) is 3.38. The first-order valence-corrected chi connectivity index (χ1v) is 7.73. The van der Waals surface area contributed by atoms with Crippen molar-refractivity contribution in [1.82, 2.24) is 0 Å². The third-order valence-electron chi connectivity index (χ3n) is 3.63. The average Bonchev–Trinajstić information content (AvgIpc) is 2.86. The molecule has 3 nitrogen and oxygen atoms in total. The summed E-state index contributed by atoms with van der Waals surface area (Å²) in [6.45, 7) is 7.44. The molecule has 0 amide bonds. The van der Waals surface area contributed by atoms with Gasteiger partial charge in [-0.25, -0.2) is 0 Å². The average molecular weight is 348 g/mol. The lowest BCUT2D eigenvalue weighted by atomic mass is 10.0. The minimum absolute atomic E-state index is 0.293. The molecule has 1 aliphatic heterocycles. The van der Waals surface area contributed by atoms with Gasteiger partial charge in [0.15, 0.2) is 11.5 Å². The molecule has 0 radical (unpaired) electrons. The second-order valence-electron chi connectivity index (χ2n) is 5.44. The van der Waals surface area contributed by atoms with Gasteiger partial charge in [0.2, 0.25) is 6.79 Å². The number of benzene rings is 2. The Morgan fingerprint density at radius 1 is 1.05 bits per heavy atom. The maximum atomic E-state index is 5.46. The lowest BCUT2D eigenvalue weighted by Crippen LogP contribution is -2.03. The molecule has 0 saturated heterocycles. The fraction of sp³-hybridized carbons (Fsp3) is 0.294. The van der Waals surface area contributed by atoms with Crippen LogP contribution in [-0.4, -0.2) is 6.79 Å². The number of hydrogen-bond donors (Lipinski definition) is 1. The van der Waals surface area contributed by atoms with Crippen LogP contribution in [0.1, 0.15) is 22.3 Å². The molecule has 4 heteroatoms. The van der Waals surface area contributed by atoms with Gasteiger partial charge in [0, 0.05) is 12.2 Å². The Balaban J connectivity index is 1.81. The summed E-state index contributed by atoms with van der Waals surface area (Å²) in [6, 6.07) is 8.49. The van der Waals surface area contributed by atoms with Crippen molar-refractivity contribution in [2.45, 2.75) is 27.3 Å². The van der Waals surface area contributed by atoms with Crippen molar-refractivity contribution in [3.8, 4) is 11.5 Å². The minimum Gasteiger partial charge on any atom is -0.454 e. The molecule has 0 unspecified atom stereocenters. The summed E-state index contributed by atoms with van der Waals surface area (Å²) < 4.78 is 11.8. The van der Waals surface area contributed by atoms with Crippen LogP contribution >= 0.6 is 15.9 Å². The van der Waals surface area contributed by atoms with E-state index in [9.17, 15) is 0 Å². The molecule has 3 rings (SSSR count). The van der Waals surface area contributed by atoms with Crippen LogP contribution in [0, 0.1) is 20.8 Å². The van der Waals surface area contributed by atoms with Gasteiger partial charge in [-0.1, -0.05) is 17.7 Å². The summed E-state index contributed by atoms with van der Waals surface area (Å²) in [6.07, 6.45) is 0. The number of ether oxygens (including phenoxy) is 2. The third-order valence-corrected chi connectivity index (χ3v) is 4.22. The highest BCUT2D eigenvalue weighted by molar-refractivity contribution is 9.10. The van der Waals surface area contributed by atoms with Crippen LogP contribution in [0.3, 0.4) is 0 Å². The minimum atomic E-state index is 0.293. The first-order chi connectivity index (χ1) is 10.0. The van der Waals surface area contributed by atoms with E-state index in [-0.39, 0.29) is 0 Å². The van der Waals surface area contributed by atoms with Crippen molar-refractivity contribution in [1.29, 1.82) is 0 Å². The molecule has 0 saturated carbocycles. The molecule has 1 N–H and O–H groups in total. The van der Waals surface area contributed by atoms with Gasteiger partial charge >= 0.3 is 0 Å². The van der Waals surface area contributed by atoms with Gasteiger partial charge in [-0.15, -0.1) is 0 Å². The molecule has 0 aromatic heterocycles. The van der Waals surface area contributed by atoms with E-state index in [4.69, 9.17) is 9.47 Å². The Bertz CT molecular complexity index is 674. The monoisotopic (exact) mass is 347 g/mol. The summed E-state index contributed by atoms with van der Waals surface area (Å²) in [7, 11) is 0. The first kappa shape index (κ1) is 14.3. The topological polar surface area (TPSA) is 30.5 Å². The highest BCUT2D eigenvalue weighted by Gasteiger charge is 2.18. The van der Waals surface area contributed by atoms with Gasteiger partial charge in [0.1, 0.15) is 0 Å². The number of rotatable bonds is 3. The van der Waals surface area contributed by atoms with Gasteiger partial charge in [0.05, 0.1) is 4.47 Å². The molecule has 2 aromatic rings. The van der Waals surface area contributed by atoms with Crippen molar-refractivity contribution < 1.29 is 9.47 Å². The third kappa shape index (κ3) is 2.86. The molecule has 110 valence electrons. The van der Waals surface area contributed by atoms with E-state index in [0.717, 1.165) is 28.1 Å². The van der Waals surface area contributed by atoms with Crippen LogP contribution in [0.15, 0.2) is 28.7 Å². The molecule has 0 spiro atoms. The normalized spacial score (nSPS) is 12.6. The smallest absolute Gasteiger partial charge is 0.231 e. The summed E-state index contributed by atoms with van der Waals surface area (Å²) >= 11 is 3.53. The van der Waals surface area contributed by atoms with Crippen LogP contribution in [0.2, 0.25) is 0 Å². The SMILES string of the molecule is Cc1cc(C)c(NCc2cc(Br)c3c(c2)OCO3)c(C)c1. The zero-order valence-corrected chi connectivity index (χ0v) is 14.0. The number of fused-ring (bicyclic) bond motifs is 1. The Labute approximate surface area is 133 Å². The highest BCUT2D eigenvalue weighted by atomic mass is 79.9. The number of nitrogens with one attached hydrogen (secondary N) is 1. The van der Waals surface area contributed by atoms with E-state index in [2.05, 4.69) is 60.2 Å². The Morgan fingerprint density at radius 3 is 2.48 bits per heavy atom. The molecule has 2 aromatic carbocycles. The van der Waals surface area contributed by atoms with E-state index < -0.39 is 0 Å². The molecular weight excluding hydrogens is 330 g/mol. The van der Waals surface area contributed by atoms with Crippen molar-refractivity contribution in [3.63, 3.8) is 0 Å². The van der Waals surface area contributed by atoms with Gasteiger partial charge in [-0.3, -0.25) is 0 Å². The summed E-state index contributed by atoms with van der Waals surface area (Å²) in [4.78, 5) is 0. The van der Waals surface area contributed by atoms with Crippen LogP contribution in [0.5, 0.6) is 11.5 Å². The van der Waals surface area contributed by atoms with Crippen LogP contribution in [0.4, 0.5) is 5.69 Å². The molecule has 0 fully saturated rings. The molecule has 1 aliphatic rings. The second-order valence-corrected chi connectivity index (χ2v) is 6.29. The lowest BCUT2D eigenvalue weighted by Gasteiger charge is -2.14. The predicted molar refractivity (Wildman–Crippen MR) is 88.2 cm³/mol. The summed E-state index contributed by atoms with van der Waals surface area (Å²) in [5.41, 5.74) is 6.20. The predicted octanol–water partition coefficient (Wildman–Crippen LogP) is 4.72. The summed E-state index contributed by atoms with van der Waals surface area (Å²) in [5.74, 6) is 1.60. The Hall–Kier alpha value is -1.68. The molecule has 21 heavy (non-hydrogen) atoms. The molecular formula is C17H18BrNO2. The quantitative estimate of drug-likeness (QED) is 0.871. The van der Waals surface area contributed by atoms with E-state index >= 15 is 0 Å². The molecule has 0 aliphatic carbocycles. The number of halogens is 1. The fourth-order valence-electron chi connectivity index (χ4n) is 2.77. The van der Waals surface area contributed by atoms with Crippen molar-refractivity contribution >= 4 is 21.6 Å². The Kier molecular flexibility index (Phi) is 3.81. The van der Waals surface area contributed by atoms with Gasteiger partial charge in [-0.2, -0.15) is 0 Å². The van der Waals surface area contributed by atoms with E-state index in [1.54, 1.807) is 0 Å². The lowest BCUT2D eigenvalue weighted by molar-refractivity contribution is 0.173. The number of anilines is 1. The van der Waals surface area contributed by atoms with Gasteiger partial charge < -0.3 is 14.8 Å².